The molecule has 0 radical (unpaired) electrons. The molecule has 3 N–H and O–H groups in total. The average Bonchev–Trinajstić information content (AvgIpc) is 1.65. The van der Waals surface area contributed by atoms with Crippen LogP contribution in [0.25, 0.3) is 0 Å². The summed E-state index contributed by atoms with van der Waals surface area (Å²) < 4.78 is 0. The molecule has 0 heterocycles. The molecule has 0 rings (SSSR count). The molecular formula is C4H11N3. The van der Waals surface area contributed by atoms with Crippen LogP contribution in [0.1, 0.15) is 6.92 Å². The predicted octanol–water partition coefficient (Wildman–Crippen LogP) is -0.168. The number of hydrogen-bond donors (Lipinski definition) is 2. The van der Waals surface area contributed by atoms with Crippen LogP contribution in [-0.2, 0) is 0 Å². The molecule has 3 heteroatoms. The van der Waals surface area contributed by atoms with E-state index in [0.29, 0.717) is 0 Å². The van der Waals surface area contributed by atoms with E-state index in [2.05, 4.69) is 0 Å². The van der Waals surface area contributed by atoms with Crippen molar-refractivity contribution in [1.82, 2.24) is 4.90 Å². The minimum atomic E-state index is 0.127. The Bertz CT molecular complexity index is 69.3. The van der Waals surface area contributed by atoms with Crippen molar-refractivity contribution < 1.29 is 0 Å². The normalized spacial score (nSPS) is 8.29. The number of nitrogens with one attached hydrogen (secondary N) is 1. The fraction of sp³-hybridized carbons (Fsp3) is 0.750. The zero-order valence-electron chi connectivity index (χ0n) is 4.73. The van der Waals surface area contributed by atoms with E-state index in [1.165, 1.54) is 0 Å². The summed E-state index contributed by atoms with van der Waals surface area (Å²) in [6.07, 6.45) is 0. The lowest BCUT2D eigenvalue weighted by Gasteiger charge is -2.11. The predicted molar refractivity (Wildman–Crippen MR) is 30.2 cm³/mol. The molecule has 0 fully saturated rings. The molecular weight excluding hydrogens is 90.1 g/mol. The van der Waals surface area contributed by atoms with Crippen molar-refractivity contribution in [3.8, 4) is 0 Å². The van der Waals surface area contributed by atoms with Gasteiger partial charge in [0, 0.05) is 13.6 Å². The zero-order chi connectivity index (χ0) is 5.86. The monoisotopic (exact) mass is 101 g/mol. The maximum Gasteiger partial charge on any atom is 0.188 e. The summed E-state index contributed by atoms with van der Waals surface area (Å²) in [5.74, 6) is 0.127. The molecule has 0 spiro atoms. The maximum absolute atomic E-state index is 6.80. The lowest BCUT2D eigenvalue weighted by atomic mass is 10.6. The second kappa shape index (κ2) is 2.44. The topological polar surface area (TPSA) is 53.1 Å². The van der Waals surface area contributed by atoms with Crippen molar-refractivity contribution in [2.24, 2.45) is 5.73 Å². The molecule has 0 amide bonds. The SMILES string of the molecule is CCN(C)C(=N)N. The summed E-state index contributed by atoms with van der Waals surface area (Å²) in [7, 11) is 1.78. The number of nitrogens with zero attached hydrogens (tertiary/aromatic N) is 1. The van der Waals surface area contributed by atoms with Gasteiger partial charge >= 0.3 is 0 Å². The van der Waals surface area contributed by atoms with Gasteiger partial charge < -0.3 is 10.6 Å². The highest BCUT2D eigenvalue weighted by Gasteiger charge is 1.89. The van der Waals surface area contributed by atoms with Crippen molar-refractivity contribution in [3.63, 3.8) is 0 Å². The van der Waals surface area contributed by atoms with Gasteiger partial charge in [-0.25, -0.2) is 0 Å². The molecule has 0 aliphatic heterocycles. The van der Waals surface area contributed by atoms with Gasteiger partial charge in [0.25, 0.3) is 0 Å². The van der Waals surface area contributed by atoms with E-state index >= 15 is 0 Å². The third-order valence-corrected chi connectivity index (χ3v) is 0.886. The molecule has 0 aromatic heterocycles. The smallest absolute Gasteiger partial charge is 0.188 e. The van der Waals surface area contributed by atoms with E-state index < -0.39 is 0 Å². The van der Waals surface area contributed by atoms with Crippen molar-refractivity contribution in [2.45, 2.75) is 6.92 Å². The lowest BCUT2D eigenvalue weighted by Crippen LogP contribution is -2.32. The molecule has 0 aromatic rings. The molecule has 0 bridgehead atoms. The molecule has 0 unspecified atom stereocenters. The molecule has 7 heavy (non-hydrogen) atoms. The molecule has 3 nitrogen and oxygen atoms in total. The minimum Gasteiger partial charge on any atom is -0.370 e. The standard InChI is InChI=1S/C4H11N3/c1-3-7(2)4(5)6/h3H2,1-2H3,(H3,5,6). The molecule has 0 aliphatic rings. The van der Waals surface area contributed by atoms with E-state index in [1.807, 2.05) is 6.92 Å². The second-order valence-corrected chi connectivity index (χ2v) is 1.40. The first-order valence-electron chi connectivity index (χ1n) is 2.23. The van der Waals surface area contributed by atoms with Crippen molar-refractivity contribution >= 4 is 5.96 Å². The number of hydrogen-bond acceptors (Lipinski definition) is 1. The summed E-state index contributed by atoms with van der Waals surface area (Å²) in [5.41, 5.74) is 5.06. The van der Waals surface area contributed by atoms with Crippen LogP contribution < -0.4 is 5.73 Å². The summed E-state index contributed by atoms with van der Waals surface area (Å²) >= 11 is 0. The molecule has 0 aromatic carbocycles. The quantitative estimate of drug-likeness (QED) is 0.356. The fourth-order valence-corrected chi connectivity index (χ4v) is 0.170. The van der Waals surface area contributed by atoms with Gasteiger partial charge in [-0.15, -0.1) is 0 Å². The van der Waals surface area contributed by atoms with Crippen LogP contribution in [-0.4, -0.2) is 24.5 Å². The molecule has 42 valence electrons. The zero-order valence-corrected chi connectivity index (χ0v) is 4.73. The van der Waals surface area contributed by atoms with Crippen LogP contribution in [0.2, 0.25) is 0 Å². The summed E-state index contributed by atoms with van der Waals surface area (Å²) in [6.45, 7) is 2.75. The van der Waals surface area contributed by atoms with Gasteiger partial charge in [0.15, 0.2) is 5.96 Å². The van der Waals surface area contributed by atoms with Gasteiger partial charge in [0.1, 0.15) is 0 Å². The van der Waals surface area contributed by atoms with Crippen LogP contribution in [0.4, 0.5) is 0 Å². The van der Waals surface area contributed by atoms with Gasteiger partial charge in [-0.05, 0) is 6.92 Å². The first-order chi connectivity index (χ1) is 3.18. The van der Waals surface area contributed by atoms with Gasteiger partial charge in [0.05, 0.1) is 0 Å². The van der Waals surface area contributed by atoms with E-state index in [1.54, 1.807) is 11.9 Å². The largest absolute Gasteiger partial charge is 0.370 e. The van der Waals surface area contributed by atoms with Crippen LogP contribution in [0.3, 0.4) is 0 Å². The van der Waals surface area contributed by atoms with Gasteiger partial charge in [-0.3, -0.25) is 5.41 Å². The Labute approximate surface area is 43.6 Å². The average molecular weight is 101 g/mol. The minimum absolute atomic E-state index is 0.127. The first kappa shape index (κ1) is 6.27. The van der Waals surface area contributed by atoms with Crippen molar-refractivity contribution in [2.75, 3.05) is 13.6 Å². The molecule has 0 saturated heterocycles. The van der Waals surface area contributed by atoms with Crippen molar-refractivity contribution in [3.05, 3.63) is 0 Å². The van der Waals surface area contributed by atoms with Crippen LogP contribution in [0.5, 0.6) is 0 Å². The lowest BCUT2D eigenvalue weighted by molar-refractivity contribution is 0.525. The Morgan fingerprint density at radius 3 is 2.29 bits per heavy atom. The maximum atomic E-state index is 6.80. The second-order valence-electron chi connectivity index (χ2n) is 1.40. The van der Waals surface area contributed by atoms with E-state index in [-0.39, 0.29) is 5.96 Å². The van der Waals surface area contributed by atoms with E-state index in [0.717, 1.165) is 6.54 Å². The first-order valence-corrected chi connectivity index (χ1v) is 2.23. The van der Waals surface area contributed by atoms with Crippen LogP contribution >= 0.6 is 0 Å². The number of nitrogens with two attached hydrogens (primary N) is 1. The Hall–Kier alpha value is -0.730. The Morgan fingerprint density at radius 1 is 1.86 bits per heavy atom. The summed E-state index contributed by atoms with van der Waals surface area (Å²) in [4.78, 5) is 1.65. The molecule has 0 aliphatic carbocycles. The third kappa shape index (κ3) is 2.03. The summed E-state index contributed by atoms with van der Waals surface area (Å²) in [6, 6.07) is 0. The van der Waals surface area contributed by atoms with Crippen LogP contribution in [0.15, 0.2) is 0 Å². The number of guanidine groups is 1. The van der Waals surface area contributed by atoms with Gasteiger partial charge in [-0.2, -0.15) is 0 Å². The number of rotatable bonds is 1. The Morgan fingerprint density at radius 2 is 2.29 bits per heavy atom. The highest BCUT2D eigenvalue weighted by atomic mass is 15.2. The van der Waals surface area contributed by atoms with Crippen molar-refractivity contribution in [1.29, 1.82) is 5.41 Å². The van der Waals surface area contributed by atoms with Gasteiger partial charge in [0.2, 0.25) is 0 Å². The fourth-order valence-electron chi connectivity index (χ4n) is 0.170. The van der Waals surface area contributed by atoms with Gasteiger partial charge in [-0.1, -0.05) is 0 Å². The summed E-state index contributed by atoms with van der Waals surface area (Å²) in [5, 5.41) is 6.80. The Balaban J connectivity index is 3.34. The van der Waals surface area contributed by atoms with E-state index in [4.69, 9.17) is 11.1 Å². The highest BCUT2D eigenvalue weighted by Crippen LogP contribution is 1.73. The molecule has 0 saturated carbocycles. The molecule has 0 atom stereocenters. The van der Waals surface area contributed by atoms with Crippen LogP contribution in [0, 0.1) is 5.41 Å². The highest BCUT2D eigenvalue weighted by molar-refractivity contribution is 5.74. The van der Waals surface area contributed by atoms with E-state index in [9.17, 15) is 0 Å². The third-order valence-electron chi connectivity index (χ3n) is 0.886. The Kier molecular flexibility index (Phi) is 2.19.